The standard InChI is InChI=1S/C9H9FN2O4/c10-6-1-3-7(4-2-6)11-5-8(13)16-9(14)12-15/h1-4,11,15H,5H2,(H,12,14). The van der Waals surface area contributed by atoms with Gasteiger partial charge in [-0.1, -0.05) is 0 Å². The van der Waals surface area contributed by atoms with Crippen molar-refractivity contribution in [2.45, 2.75) is 0 Å². The molecule has 0 unspecified atom stereocenters. The first kappa shape index (κ1) is 11.9. The summed E-state index contributed by atoms with van der Waals surface area (Å²) in [5, 5.41) is 10.7. The van der Waals surface area contributed by atoms with E-state index < -0.39 is 17.9 Å². The van der Waals surface area contributed by atoms with Crippen molar-refractivity contribution in [1.82, 2.24) is 5.48 Å². The number of amides is 1. The lowest BCUT2D eigenvalue weighted by Crippen LogP contribution is -2.27. The molecule has 0 aromatic heterocycles. The summed E-state index contributed by atoms with van der Waals surface area (Å²) in [6.45, 7) is -0.279. The molecule has 0 aliphatic heterocycles. The van der Waals surface area contributed by atoms with Gasteiger partial charge in [0.05, 0.1) is 0 Å². The minimum atomic E-state index is -1.26. The zero-order chi connectivity index (χ0) is 12.0. The summed E-state index contributed by atoms with van der Waals surface area (Å²) in [6, 6.07) is 5.28. The summed E-state index contributed by atoms with van der Waals surface area (Å²) in [7, 11) is 0. The van der Waals surface area contributed by atoms with Gasteiger partial charge in [0.15, 0.2) is 0 Å². The number of carbonyl (C=O) groups excluding carboxylic acids is 2. The van der Waals surface area contributed by atoms with Gasteiger partial charge in [-0.05, 0) is 24.3 Å². The lowest BCUT2D eigenvalue weighted by molar-refractivity contribution is -0.136. The van der Waals surface area contributed by atoms with Crippen LogP contribution in [0, 0.1) is 5.82 Å². The number of carbonyl (C=O) groups is 2. The maximum absolute atomic E-state index is 12.5. The smallest absolute Gasteiger partial charge is 0.375 e. The van der Waals surface area contributed by atoms with E-state index in [1.165, 1.54) is 24.3 Å². The van der Waals surface area contributed by atoms with Crippen LogP contribution in [0.5, 0.6) is 0 Å². The topological polar surface area (TPSA) is 87.7 Å². The Hall–Kier alpha value is -2.15. The van der Waals surface area contributed by atoms with E-state index in [0.717, 1.165) is 5.48 Å². The number of hydrogen-bond donors (Lipinski definition) is 3. The van der Waals surface area contributed by atoms with Crippen LogP contribution in [0.15, 0.2) is 24.3 Å². The molecule has 0 bridgehead atoms. The fourth-order valence-electron chi connectivity index (χ4n) is 0.904. The minimum Gasteiger partial charge on any atom is -0.375 e. The summed E-state index contributed by atoms with van der Waals surface area (Å²) >= 11 is 0. The Morgan fingerprint density at radius 2 is 1.94 bits per heavy atom. The van der Waals surface area contributed by atoms with Crippen molar-refractivity contribution in [2.24, 2.45) is 0 Å². The average Bonchev–Trinajstić information content (AvgIpc) is 2.28. The number of benzene rings is 1. The van der Waals surface area contributed by atoms with Crippen LogP contribution in [0.4, 0.5) is 14.9 Å². The van der Waals surface area contributed by atoms with E-state index in [2.05, 4.69) is 10.1 Å². The van der Waals surface area contributed by atoms with Gasteiger partial charge in [0.25, 0.3) is 0 Å². The van der Waals surface area contributed by atoms with Crippen LogP contribution < -0.4 is 10.8 Å². The number of hydroxylamine groups is 1. The highest BCUT2D eigenvalue weighted by Crippen LogP contribution is 2.07. The van der Waals surface area contributed by atoms with Crippen LogP contribution in [0.2, 0.25) is 0 Å². The Labute approximate surface area is 90.0 Å². The molecular weight excluding hydrogens is 219 g/mol. The molecule has 3 N–H and O–H groups in total. The Kier molecular flexibility index (Phi) is 4.22. The molecule has 0 aliphatic rings. The second-order valence-electron chi connectivity index (χ2n) is 2.73. The molecule has 1 aromatic rings. The number of hydrogen-bond acceptors (Lipinski definition) is 5. The highest BCUT2D eigenvalue weighted by atomic mass is 19.1. The molecule has 1 amide bonds. The van der Waals surface area contributed by atoms with Crippen LogP contribution >= 0.6 is 0 Å². The normalized spacial score (nSPS) is 9.38. The second kappa shape index (κ2) is 5.66. The van der Waals surface area contributed by atoms with Gasteiger partial charge in [-0.2, -0.15) is 0 Å². The van der Waals surface area contributed by atoms with E-state index in [1.807, 2.05) is 0 Å². The highest BCUT2D eigenvalue weighted by molar-refractivity contribution is 5.86. The van der Waals surface area contributed by atoms with Gasteiger partial charge < -0.3 is 10.1 Å². The van der Waals surface area contributed by atoms with E-state index in [4.69, 9.17) is 5.21 Å². The van der Waals surface area contributed by atoms with Crippen LogP contribution in [0.1, 0.15) is 0 Å². The van der Waals surface area contributed by atoms with Gasteiger partial charge in [-0.3, -0.25) is 5.21 Å². The maximum Gasteiger partial charge on any atom is 0.438 e. The monoisotopic (exact) mass is 228 g/mol. The fraction of sp³-hybridized carbons (Fsp3) is 0.111. The quantitative estimate of drug-likeness (QED) is 0.309. The molecule has 1 rings (SSSR count). The third kappa shape index (κ3) is 3.93. The number of esters is 1. The zero-order valence-electron chi connectivity index (χ0n) is 8.07. The van der Waals surface area contributed by atoms with E-state index in [9.17, 15) is 14.0 Å². The number of nitrogens with one attached hydrogen (secondary N) is 2. The molecule has 0 fully saturated rings. The van der Waals surface area contributed by atoms with Gasteiger partial charge in [-0.15, -0.1) is 0 Å². The van der Waals surface area contributed by atoms with Crippen molar-refractivity contribution >= 4 is 17.7 Å². The number of ether oxygens (including phenoxy) is 1. The Morgan fingerprint density at radius 3 is 2.50 bits per heavy atom. The molecule has 0 atom stereocenters. The van der Waals surface area contributed by atoms with Gasteiger partial charge in [0.2, 0.25) is 0 Å². The van der Waals surface area contributed by atoms with Crippen molar-refractivity contribution in [3.8, 4) is 0 Å². The summed E-state index contributed by atoms with van der Waals surface area (Å²) in [4.78, 5) is 21.3. The Balaban J connectivity index is 2.37. The molecule has 6 nitrogen and oxygen atoms in total. The van der Waals surface area contributed by atoms with E-state index >= 15 is 0 Å². The number of halogens is 1. The Bertz CT molecular complexity index is 380. The molecule has 7 heteroatoms. The predicted molar refractivity (Wildman–Crippen MR) is 51.3 cm³/mol. The molecule has 86 valence electrons. The van der Waals surface area contributed by atoms with Crippen molar-refractivity contribution in [3.05, 3.63) is 30.1 Å². The van der Waals surface area contributed by atoms with E-state index in [-0.39, 0.29) is 6.54 Å². The molecule has 0 heterocycles. The first-order valence-corrected chi connectivity index (χ1v) is 4.26. The van der Waals surface area contributed by atoms with E-state index in [0.29, 0.717) is 5.69 Å². The Morgan fingerprint density at radius 1 is 1.31 bits per heavy atom. The number of anilines is 1. The van der Waals surface area contributed by atoms with Crippen molar-refractivity contribution in [3.63, 3.8) is 0 Å². The minimum absolute atomic E-state index is 0.279. The van der Waals surface area contributed by atoms with Gasteiger partial charge in [-0.25, -0.2) is 19.5 Å². The number of rotatable bonds is 3. The summed E-state index contributed by atoms with van der Waals surface area (Å²) in [5.74, 6) is -1.27. The van der Waals surface area contributed by atoms with Crippen molar-refractivity contribution < 1.29 is 23.9 Å². The molecule has 0 saturated carbocycles. The predicted octanol–water partition coefficient (Wildman–Crippen LogP) is 0.880. The average molecular weight is 228 g/mol. The lowest BCUT2D eigenvalue weighted by atomic mass is 10.3. The molecule has 0 radical (unpaired) electrons. The maximum atomic E-state index is 12.5. The molecule has 16 heavy (non-hydrogen) atoms. The van der Waals surface area contributed by atoms with Gasteiger partial charge >= 0.3 is 12.1 Å². The SMILES string of the molecule is O=C(CNc1ccc(F)cc1)OC(=O)NO. The highest BCUT2D eigenvalue weighted by Gasteiger charge is 2.08. The van der Waals surface area contributed by atoms with Crippen molar-refractivity contribution in [1.29, 1.82) is 0 Å². The molecule has 0 aliphatic carbocycles. The molecule has 0 spiro atoms. The summed E-state index contributed by atoms with van der Waals surface area (Å²) < 4.78 is 16.6. The summed E-state index contributed by atoms with van der Waals surface area (Å²) in [6.07, 6.45) is -1.26. The fourth-order valence-corrected chi connectivity index (χ4v) is 0.904. The lowest BCUT2D eigenvalue weighted by Gasteiger charge is -2.05. The largest absolute Gasteiger partial charge is 0.438 e. The molecule has 1 aromatic carbocycles. The van der Waals surface area contributed by atoms with Crippen LogP contribution in [-0.2, 0) is 9.53 Å². The first-order valence-electron chi connectivity index (χ1n) is 4.26. The third-order valence-corrected chi connectivity index (χ3v) is 1.58. The third-order valence-electron chi connectivity index (χ3n) is 1.58. The molecule has 0 saturated heterocycles. The van der Waals surface area contributed by atoms with Crippen LogP contribution in [-0.4, -0.2) is 23.8 Å². The summed E-state index contributed by atoms with van der Waals surface area (Å²) in [5.41, 5.74) is 1.64. The second-order valence-corrected chi connectivity index (χ2v) is 2.73. The van der Waals surface area contributed by atoms with Gasteiger partial charge in [0, 0.05) is 5.69 Å². The van der Waals surface area contributed by atoms with Crippen LogP contribution in [0.3, 0.4) is 0 Å². The molecular formula is C9H9FN2O4. The first-order chi connectivity index (χ1) is 7.61. The van der Waals surface area contributed by atoms with Crippen LogP contribution in [0.25, 0.3) is 0 Å². The zero-order valence-corrected chi connectivity index (χ0v) is 8.07. The van der Waals surface area contributed by atoms with Gasteiger partial charge in [0.1, 0.15) is 12.4 Å². The van der Waals surface area contributed by atoms with E-state index in [1.54, 1.807) is 0 Å². The van der Waals surface area contributed by atoms with Crippen molar-refractivity contribution in [2.75, 3.05) is 11.9 Å².